The van der Waals surface area contributed by atoms with Gasteiger partial charge in [0.25, 0.3) is 0 Å². The van der Waals surface area contributed by atoms with E-state index in [1.165, 1.54) is 29.5 Å². The van der Waals surface area contributed by atoms with Crippen LogP contribution < -0.4 is 5.32 Å². The van der Waals surface area contributed by atoms with Gasteiger partial charge in [-0.3, -0.25) is 19.2 Å². The lowest BCUT2D eigenvalue weighted by molar-refractivity contribution is -0.142. The number of benzene rings is 1. The van der Waals surface area contributed by atoms with Crippen molar-refractivity contribution >= 4 is 58.0 Å². The van der Waals surface area contributed by atoms with E-state index in [9.17, 15) is 19.2 Å². The number of esters is 1. The highest BCUT2D eigenvalue weighted by atomic mass is 35.5. The van der Waals surface area contributed by atoms with E-state index in [0.717, 1.165) is 0 Å². The molecule has 1 aromatic carbocycles. The molecule has 0 saturated heterocycles. The Labute approximate surface area is 175 Å². The van der Waals surface area contributed by atoms with Gasteiger partial charge in [0.2, 0.25) is 5.91 Å². The van der Waals surface area contributed by atoms with Crippen LogP contribution in [-0.2, 0) is 14.3 Å². The highest BCUT2D eigenvalue weighted by Crippen LogP contribution is 2.22. The minimum absolute atomic E-state index is 0.0432. The molecule has 0 fully saturated rings. The van der Waals surface area contributed by atoms with E-state index in [4.69, 9.17) is 27.9 Å². The van der Waals surface area contributed by atoms with Crippen LogP contribution in [0.4, 0.5) is 0 Å². The summed E-state index contributed by atoms with van der Waals surface area (Å²) in [6.07, 6.45) is 0.0653. The van der Waals surface area contributed by atoms with Gasteiger partial charge in [-0.25, -0.2) is 0 Å². The molecule has 0 spiro atoms. The lowest BCUT2D eigenvalue weighted by Crippen LogP contribution is -2.27. The Morgan fingerprint density at radius 3 is 2.43 bits per heavy atom. The lowest BCUT2D eigenvalue weighted by atomic mass is 10.1. The first-order valence-electron chi connectivity index (χ1n) is 8.34. The summed E-state index contributed by atoms with van der Waals surface area (Å²) < 4.78 is 4.89. The molecule has 0 aliphatic carbocycles. The second-order valence-corrected chi connectivity index (χ2v) is 7.48. The van der Waals surface area contributed by atoms with E-state index >= 15 is 0 Å². The van der Waals surface area contributed by atoms with Gasteiger partial charge in [0.15, 0.2) is 18.2 Å². The zero-order chi connectivity index (χ0) is 20.5. The van der Waals surface area contributed by atoms with E-state index in [0.29, 0.717) is 9.90 Å². The number of ether oxygens (including phenoxy) is 1. The normalized spacial score (nSPS) is 10.4. The van der Waals surface area contributed by atoms with Gasteiger partial charge >= 0.3 is 5.97 Å². The van der Waals surface area contributed by atoms with Crippen molar-refractivity contribution < 1.29 is 23.9 Å². The Morgan fingerprint density at radius 2 is 1.75 bits per heavy atom. The zero-order valence-corrected chi connectivity index (χ0v) is 17.0. The van der Waals surface area contributed by atoms with Crippen molar-refractivity contribution in [2.45, 2.75) is 19.3 Å². The number of carbonyl (C=O) groups excluding carboxylic acids is 4. The van der Waals surface area contributed by atoms with Gasteiger partial charge in [-0.15, -0.1) is 11.3 Å². The molecule has 0 unspecified atom stereocenters. The van der Waals surface area contributed by atoms with Gasteiger partial charge in [0.1, 0.15) is 0 Å². The van der Waals surface area contributed by atoms with Crippen LogP contribution >= 0.6 is 34.5 Å². The van der Waals surface area contributed by atoms with Gasteiger partial charge in [0, 0.05) is 24.9 Å². The summed E-state index contributed by atoms with van der Waals surface area (Å²) in [6, 6.07) is 7.85. The van der Waals surface area contributed by atoms with Gasteiger partial charge in [0.05, 0.1) is 21.3 Å². The molecular formula is C19H17Cl2NO5S. The second-order valence-electron chi connectivity index (χ2n) is 5.71. The van der Waals surface area contributed by atoms with Crippen molar-refractivity contribution in [1.29, 1.82) is 0 Å². The molecule has 1 heterocycles. The molecule has 1 aromatic heterocycles. The molecule has 0 aliphatic heterocycles. The summed E-state index contributed by atoms with van der Waals surface area (Å²) in [5.74, 6) is -1.46. The molecule has 1 N–H and O–H groups in total. The van der Waals surface area contributed by atoms with E-state index < -0.39 is 18.4 Å². The number of ketones is 2. The quantitative estimate of drug-likeness (QED) is 0.445. The number of halogens is 2. The third-order valence-electron chi connectivity index (χ3n) is 3.63. The largest absolute Gasteiger partial charge is 0.457 e. The van der Waals surface area contributed by atoms with Gasteiger partial charge in [-0.1, -0.05) is 29.3 Å². The lowest BCUT2D eigenvalue weighted by Gasteiger charge is -2.06. The first-order chi connectivity index (χ1) is 13.4. The number of hydrogen-bond acceptors (Lipinski definition) is 6. The van der Waals surface area contributed by atoms with Gasteiger partial charge in [-0.2, -0.15) is 0 Å². The van der Waals surface area contributed by atoms with Gasteiger partial charge < -0.3 is 10.1 Å². The molecule has 0 saturated carbocycles. The third kappa shape index (κ3) is 7.07. The summed E-state index contributed by atoms with van der Waals surface area (Å²) in [5, 5.41) is 4.90. The maximum Gasteiger partial charge on any atom is 0.308 e. The summed E-state index contributed by atoms with van der Waals surface area (Å²) >= 11 is 12.9. The predicted octanol–water partition coefficient (Wildman–Crippen LogP) is 3.95. The molecule has 6 nitrogen and oxygen atoms in total. The summed E-state index contributed by atoms with van der Waals surface area (Å²) in [6.45, 7) is -0.369. The number of nitrogens with one attached hydrogen (secondary N) is 1. The summed E-state index contributed by atoms with van der Waals surface area (Å²) in [7, 11) is 0. The molecule has 2 aromatic rings. The van der Waals surface area contributed by atoms with Crippen LogP contribution in [0.25, 0.3) is 0 Å². The fourth-order valence-corrected chi connectivity index (χ4v) is 3.14. The highest BCUT2D eigenvalue weighted by Gasteiger charge is 2.13. The van der Waals surface area contributed by atoms with Crippen molar-refractivity contribution in [3.05, 3.63) is 56.2 Å². The molecule has 2 rings (SSSR count). The fraction of sp³-hybridized carbons (Fsp3) is 0.263. The minimum Gasteiger partial charge on any atom is -0.457 e. The van der Waals surface area contributed by atoms with Crippen LogP contribution in [0.1, 0.15) is 39.3 Å². The third-order valence-corrected chi connectivity index (χ3v) is 5.28. The van der Waals surface area contributed by atoms with Crippen LogP contribution in [0.2, 0.25) is 10.0 Å². The van der Waals surface area contributed by atoms with E-state index in [2.05, 4.69) is 5.32 Å². The van der Waals surface area contributed by atoms with Crippen LogP contribution in [0.15, 0.2) is 35.7 Å². The number of rotatable bonds is 10. The summed E-state index contributed by atoms with van der Waals surface area (Å²) in [4.78, 5) is 47.8. The molecule has 9 heteroatoms. The standard InChI is InChI=1S/C19H17Cl2NO5S/c20-13-4-3-12(10-14(13)21)16(24)11-27-19(26)7-8-22-18(25)6-5-15(23)17-2-1-9-28-17/h1-4,9-10H,5-8,11H2,(H,22,25). The number of amides is 1. The number of Topliss-reactive ketones (excluding diaryl/α,β-unsaturated/α-hetero) is 2. The minimum atomic E-state index is -0.622. The first kappa shape index (κ1) is 22.1. The molecule has 1 amide bonds. The number of carbonyl (C=O) groups is 4. The van der Waals surface area contributed by atoms with E-state index in [-0.39, 0.29) is 48.1 Å². The molecule has 28 heavy (non-hydrogen) atoms. The SMILES string of the molecule is O=C(CCC(=O)c1cccs1)NCCC(=O)OCC(=O)c1ccc(Cl)c(Cl)c1. The number of hydrogen-bond donors (Lipinski definition) is 1. The average Bonchev–Trinajstić information content (AvgIpc) is 3.21. The molecule has 0 radical (unpaired) electrons. The zero-order valence-electron chi connectivity index (χ0n) is 14.7. The Kier molecular flexibility index (Phi) is 8.63. The van der Waals surface area contributed by atoms with Crippen molar-refractivity contribution in [2.75, 3.05) is 13.2 Å². The van der Waals surface area contributed by atoms with Crippen molar-refractivity contribution in [1.82, 2.24) is 5.32 Å². The molecule has 0 aliphatic rings. The highest BCUT2D eigenvalue weighted by molar-refractivity contribution is 7.12. The van der Waals surface area contributed by atoms with Crippen molar-refractivity contribution in [3.8, 4) is 0 Å². The van der Waals surface area contributed by atoms with Gasteiger partial charge in [-0.05, 0) is 29.6 Å². The molecule has 148 valence electrons. The first-order valence-corrected chi connectivity index (χ1v) is 9.97. The Bertz CT molecular complexity index is 867. The fourth-order valence-electron chi connectivity index (χ4n) is 2.15. The predicted molar refractivity (Wildman–Crippen MR) is 107 cm³/mol. The van der Waals surface area contributed by atoms with E-state index in [1.54, 1.807) is 17.5 Å². The molecule has 0 atom stereocenters. The van der Waals surface area contributed by atoms with E-state index in [1.807, 2.05) is 0 Å². The average molecular weight is 442 g/mol. The van der Waals surface area contributed by atoms with Crippen molar-refractivity contribution in [2.24, 2.45) is 0 Å². The molecular weight excluding hydrogens is 425 g/mol. The van der Waals surface area contributed by atoms with Crippen LogP contribution in [-0.4, -0.2) is 36.6 Å². The Morgan fingerprint density at radius 1 is 0.964 bits per heavy atom. The maximum absolute atomic E-state index is 12.0. The number of thiophene rings is 1. The van der Waals surface area contributed by atoms with Crippen molar-refractivity contribution in [3.63, 3.8) is 0 Å². The Hall–Kier alpha value is -2.22. The maximum atomic E-state index is 12.0. The Balaban J connectivity index is 1.62. The van der Waals surface area contributed by atoms with Crippen LogP contribution in [0.3, 0.4) is 0 Å². The van der Waals surface area contributed by atoms with Crippen LogP contribution in [0.5, 0.6) is 0 Å². The van der Waals surface area contributed by atoms with Crippen LogP contribution in [0, 0.1) is 0 Å². The summed E-state index contributed by atoms with van der Waals surface area (Å²) in [5.41, 5.74) is 0.283. The molecule has 0 bridgehead atoms. The topological polar surface area (TPSA) is 89.5 Å². The smallest absolute Gasteiger partial charge is 0.308 e. The monoisotopic (exact) mass is 441 g/mol. The second kappa shape index (κ2) is 10.9.